The molecule has 1 aromatic heterocycles. The van der Waals surface area contributed by atoms with Crippen LogP contribution in [0.15, 0.2) is 6.20 Å². The fraction of sp³-hybridized carbons (Fsp3) is 0.429. The van der Waals surface area contributed by atoms with Crippen molar-refractivity contribution < 1.29 is 17.9 Å². The van der Waals surface area contributed by atoms with Crippen molar-refractivity contribution >= 4 is 11.6 Å². The highest BCUT2D eigenvalue weighted by Gasteiger charge is 2.36. The second kappa shape index (κ2) is 4.00. The molecule has 0 saturated carbocycles. The molecule has 0 aliphatic carbocycles. The number of rotatable bonds is 2. The number of halogens is 4. The van der Waals surface area contributed by atoms with Gasteiger partial charge in [0.1, 0.15) is 5.56 Å². The van der Waals surface area contributed by atoms with Crippen LogP contribution in [0.2, 0.25) is 5.28 Å². The fourth-order valence-electron chi connectivity index (χ4n) is 0.787. The van der Waals surface area contributed by atoms with Crippen LogP contribution in [0.3, 0.4) is 0 Å². The van der Waals surface area contributed by atoms with Gasteiger partial charge in [0.05, 0.1) is 6.61 Å². The lowest BCUT2D eigenvalue weighted by molar-refractivity contribution is -0.139. The first-order valence-corrected chi connectivity index (χ1v) is 4.05. The Morgan fingerprint density at radius 1 is 1.50 bits per heavy atom. The molecule has 1 rings (SSSR count). The minimum atomic E-state index is -4.53. The summed E-state index contributed by atoms with van der Waals surface area (Å²) in [5, 5.41) is -0.276. The van der Waals surface area contributed by atoms with Gasteiger partial charge in [-0.1, -0.05) is 0 Å². The number of aromatic nitrogens is 2. The van der Waals surface area contributed by atoms with Crippen molar-refractivity contribution in [2.75, 3.05) is 6.61 Å². The van der Waals surface area contributed by atoms with E-state index in [0.717, 1.165) is 0 Å². The van der Waals surface area contributed by atoms with Crippen molar-refractivity contribution in [2.45, 2.75) is 13.1 Å². The van der Waals surface area contributed by atoms with Crippen LogP contribution in [-0.4, -0.2) is 16.6 Å². The summed E-state index contributed by atoms with van der Waals surface area (Å²) < 4.78 is 41.6. The Labute approximate surface area is 82.9 Å². The van der Waals surface area contributed by atoms with Crippen LogP contribution in [0.1, 0.15) is 12.5 Å². The Morgan fingerprint density at radius 2 is 2.14 bits per heavy atom. The third-order valence-corrected chi connectivity index (χ3v) is 1.49. The first kappa shape index (κ1) is 11.0. The molecule has 3 nitrogen and oxygen atoms in total. The van der Waals surface area contributed by atoms with Gasteiger partial charge in [0, 0.05) is 6.20 Å². The minimum Gasteiger partial charge on any atom is -0.477 e. The van der Waals surface area contributed by atoms with Gasteiger partial charge in [0.25, 0.3) is 0 Å². The highest BCUT2D eigenvalue weighted by molar-refractivity contribution is 6.28. The molecule has 0 radical (unpaired) electrons. The maximum Gasteiger partial charge on any atom is 0.423 e. The predicted molar refractivity (Wildman–Crippen MR) is 43.2 cm³/mol. The van der Waals surface area contributed by atoms with E-state index in [2.05, 4.69) is 14.7 Å². The molecule has 0 N–H and O–H groups in total. The third-order valence-electron chi connectivity index (χ3n) is 1.31. The number of ether oxygens (including phenoxy) is 1. The van der Waals surface area contributed by atoms with Gasteiger partial charge in [-0.25, -0.2) is 4.98 Å². The molecule has 14 heavy (non-hydrogen) atoms. The average molecular weight is 227 g/mol. The van der Waals surface area contributed by atoms with Crippen molar-refractivity contribution in [3.8, 4) is 5.88 Å². The topological polar surface area (TPSA) is 35.0 Å². The molecule has 0 spiro atoms. The average Bonchev–Trinajstić information content (AvgIpc) is 2.02. The van der Waals surface area contributed by atoms with Crippen LogP contribution in [0.5, 0.6) is 5.88 Å². The highest BCUT2D eigenvalue weighted by atomic mass is 35.5. The van der Waals surface area contributed by atoms with E-state index < -0.39 is 17.6 Å². The van der Waals surface area contributed by atoms with Gasteiger partial charge in [0.15, 0.2) is 0 Å². The monoisotopic (exact) mass is 226 g/mol. The summed E-state index contributed by atoms with van der Waals surface area (Å²) in [5.41, 5.74) is -1.02. The van der Waals surface area contributed by atoms with E-state index in [-0.39, 0.29) is 11.9 Å². The molecule has 0 saturated heterocycles. The molecule has 0 amide bonds. The Kier molecular flexibility index (Phi) is 3.15. The second-order valence-corrected chi connectivity index (χ2v) is 2.63. The summed E-state index contributed by atoms with van der Waals surface area (Å²) in [6.07, 6.45) is -3.94. The zero-order valence-corrected chi connectivity index (χ0v) is 7.85. The first-order chi connectivity index (χ1) is 6.45. The Bertz CT molecular complexity index is 329. The van der Waals surface area contributed by atoms with Gasteiger partial charge in [0.2, 0.25) is 11.2 Å². The van der Waals surface area contributed by atoms with E-state index in [1.165, 1.54) is 0 Å². The van der Waals surface area contributed by atoms with Crippen LogP contribution in [0.4, 0.5) is 13.2 Å². The standard InChI is InChI=1S/C7H6ClF3N2O/c1-2-14-5-4(7(9,10)11)3-12-6(8)13-5/h3H,2H2,1H3. The number of hydrogen-bond donors (Lipinski definition) is 0. The maximum atomic E-state index is 12.3. The lowest BCUT2D eigenvalue weighted by Gasteiger charge is -2.10. The quantitative estimate of drug-likeness (QED) is 0.727. The smallest absolute Gasteiger partial charge is 0.423 e. The van der Waals surface area contributed by atoms with Crippen LogP contribution < -0.4 is 4.74 Å². The van der Waals surface area contributed by atoms with Gasteiger partial charge in [-0.15, -0.1) is 0 Å². The summed E-state index contributed by atoms with van der Waals surface area (Å²) in [7, 11) is 0. The molecule has 1 aromatic rings. The summed E-state index contributed by atoms with van der Waals surface area (Å²) in [4.78, 5) is 6.58. The normalized spacial score (nSPS) is 11.5. The van der Waals surface area contributed by atoms with Gasteiger partial charge < -0.3 is 4.74 Å². The van der Waals surface area contributed by atoms with Crippen LogP contribution in [0, 0.1) is 0 Å². The molecular formula is C7H6ClF3N2O. The van der Waals surface area contributed by atoms with Crippen molar-refractivity contribution in [3.05, 3.63) is 17.0 Å². The van der Waals surface area contributed by atoms with Crippen LogP contribution in [-0.2, 0) is 6.18 Å². The van der Waals surface area contributed by atoms with Gasteiger partial charge in [-0.2, -0.15) is 18.2 Å². The summed E-state index contributed by atoms with van der Waals surface area (Å²) in [5.74, 6) is -0.542. The van der Waals surface area contributed by atoms with Crippen molar-refractivity contribution in [1.29, 1.82) is 0 Å². The summed E-state index contributed by atoms with van der Waals surface area (Å²) in [6.45, 7) is 1.63. The predicted octanol–water partition coefficient (Wildman–Crippen LogP) is 2.55. The zero-order valence-electron chi connectivity index (χ0n) is 7.10. The molecule has 0 fully saturated rings. The molecule has 7 heteroatoms. The largest absolute Gasteiger partial charge is 0.477 e. The summed E-state index contributed by atoms with van der Waals surface area (Å²) >= 11 is 5.33. The van der Waals surface area contributed by atoms with E-state index in [1.54, 1.807) is 6.92 Å². The Balaban J connectivity index is 3.15. The summed E-state index contributed by atoms with van der Waals surface area (Å²) in [6, 6.07) is 0. The number of hydrogen-bond acceptors (Lipinski definition) is 3. The van der Waals surface area contributed by atoms with E-state index in [9.17, 15) is 13.2 Å². The van der Waals surface area contributed by atoms with Crippen molar-refractivity contribution in [2.24, 2.45) is 0 Å². The van der Waals surface area contributed by atoms with Crippen LogP contribution >= 0.6 is 11.6 Å². The van der Waals surface area contributed by atoms with Crippen molar-refractivity contribution in [1.82, 2.24) is 9.97 Å². The molecule has 0 bridgehead atoms. The number of nitrogens with zero attached hydrogens (tertiary/aromatic N) is 2. The number of alkyl halides is 3. The van der Waals surface area contributed by atoms with E-state index in [1.807, 2.05) is 0 Å². The molecule has 0 aromatic carbocycles. The van der Waals surface area contributed by atoms with Crippen LogP contribution in [0.25, 0.3) is 0 Å². The van der Waals surface area contributed by atoms with E-state index in [4.69, 9.17) is 11.6 Å². The lowest BCUT2D eigenvalue weighted by Crippen LogP contribution is -2.10. The molecular weight excluding hydrogens is 221 g/mol. The molecule has 0 aliphatic heterocycles. The van der Waals surface area contributed by atoms with Gasteiger partial charge >= 0.3 is 6.18 Å². The first-order valence-electron chi connectivity index (χ1n) is 3.67. The van der Waals surface area contributed by atoms with E-state index >= 15 is 0 Å². The molecule has 0 atom stereocenters. The zero-order chi connectivity index (χ0) is 10.8. The Hall–Kier alpha value is -1.04. The molecule has 78 valence electrons. The minimum absolute atomic E-state index is 0.0798. The van der Waals surface area contributed by atoms with E-state index in [0.29, 0.717) is 6.20 Å². The molecule has 0 aliphatic rings. The van der Waals surface area contributed by atoms with Gasteiger partial charge in [-0.3, -0.25) is 0 Å². The molecule has 0 unspecified atom stereocenters. The van der Waals surface area contributed by atoms with Crippen molar-refractivity contribution in [3.63, 3.8) is 0 Å². The second-order valence-electron chi connectivity index (χ2n) is 2.29. The highest BCUT2D eigenvalue weighted by Crippen LogP contribution is 2.34. The lowest BCUT2D eigenvalue weighted by atomic mass is 10.3. The third kappa shape index (κ3) is 2.47. The molecule has 1 heterocycles. The Morgan fingerprint density at radius 3 is 2.64 bits per heavy atom. The fourth-order valence-corrected chi connectivity index (χ4v) is 0.913. The SMILES string of the molecule is CCOc1nc(Cl)ncc1C(F)(F)F. The maximum absolute atomic E-state index is 12.3. The van der Waals surface area contributed by atoms with Gasteiger partial charge in [-0.05, 0) is 18.5 Å².